The first-order chi connectivity index (χ1) is 14.5. The van der Waals surface area contributed by atoms with Crippen molar-refractivity contribution < 1.29 is 18.7 Å². The van der Waals surface area contributed by atoms with Crippen molar-refractivity contribution >= 4 is 39.3 Å². The highest BCUT2D eigenvalue weighted by Crippen LogP contribution is 2.32. The Morgan fingerprint density at radius 2 is 1.93 bits per heavy atom. The normalized spacial score (nSPS) is 10.1. The van der Waals surface area contributed by atoms with Gasteiger partial charge in [0.05, 0.1) is 10.6 Å². The van der Waals surface area contributed by atoms with Crippen molar-refractivity contribution in [3.63, 3.8) is 0 Å². The third kappa shape index (κ3) is 6.26. The molecule has 0 aliphatic rings. The predicted molar refractivity (Wildman–Crippen MR) is 121 cm³/mol. The summed E-state index contributed by atoms with van der Waals surface area (Å²) in [5.74, 6) is 0.0214. The van der Waals surface area contributed by atoms with Crippen molar-refractivity contribution in [1.82, 2.24) is 4.98 Å². The summed E-state index contributed by atoms with van der Waals surface area (Å²) in [4.78, 5) is 16.6. The third-order valence-corrected chi connectivity index (χ3v) is 4.78. The summed E-state index contributed by atoms with van der Waals surface area (Å²) in [5.41, 5.74) is 1.87. The molecular weight excluding hydrogens is 475 g/mol. The van der Waals surface area contributed by atoms with Gasteiger partial charge in [0.25, 0.3) is 5.91 Å². The maximum absolute atomic E-state index is 13.1. The highest BCUT2D eigenvalue weighted by molar-refractivity contribution is 9.10. The molecule has 0 atom stereocenters. The van der Waals surface area contributed by atoms with Crippen LogP contribution in [0.1, 0.15) is 24.2 Å². The number of halogens is 3. The first-order valence-electron chi connectivity index (χ1n) is 9.12. The molecule has 0 radical (unpaired) electrons. The molecule has 158 valence electrons. The van der Waals surface area contributed by atoms with E-state index < -0.39 is 11.7 Å². The molecule has 3 rings (SSSR count). The number of nitrogens with zero attached hydrogens (tertiary/aromatic N) is 1. The third-order valence-electron chi connectivity index (χ3n) is 3.77. The van der Waals surface area contributed by atoms with Crippen molar-refractivity contribution in [3.05, 3.63) is 75.6 Å². The smallest absolute Gasteiger partial charge is 0.258 e. The second-order valence-corrected chi connectivity index (χ2v) is 6.96. The molecule has 30 heavy (non-hydrogen) atoms. The topological polar surface area (TPSA) is 60.5 Å². The molecule has 3 aromatic rings. The van der Waals surface area contributed by atoms with Crippen LogP contribution in [-0.4, -0.2) is 24.8 Å². The van der Waals surface area contributed by atoms with Gasteiger partial charge in [0.1, 0.15) is 17.4 Å². The Bertz CT molecular complexity index is 1000. The number of amides is 1. The van der Waals surface area contributed by atoms with Gasteiger partial charge in [-0.2, -0.15) is 0 Å². The maximum Gasteiger partial charge on any atom is 0.258 e. The molecule has 0 fully saturated rings. The zero-order chi connectivity index (χ0) is 22.1. The molecule has 1 N–H and O–H groups in total. The van der Waals surface area contributed by atoms with E-state index in [1.165, 1.54) is 12.1 Å². The Hall–Kier alpha value is -2.48. The molecule has 0 saturated carbocycles. The van der Waals surface area contributed by atoms with E-state index in [-0.39, 0.29) is 17.4 Å². The lowest BCUT2D eigenvalue weighted by Gasteiger charge is -2.10. The number of carbonyl (C=O) groups excluding carboxylic acids is 1. The average molecular weight is 496 g/mol. The van der Waals surface area contributed by atoms with E-state index in [4.69, 9.17) is 21.1 Å². The van der Waals surface area contributed by atoms with Crippen LogP contribution in [0.15, 0.2) is 59.2 Å². The molecule has 0 bridgehead atoms. The quantitative estimate of drug-likeness (QED) is 0.393. The number of rotatable bonds is 6. The van der Waals surface area contributed by atoms with E-state index in [0.717, 1.165) is 21.7 Å². The number of pyridine rings is 1. The highest BCUT2D eigenvalue weighted by Gasteiger charge is 2.12. The van der Waals surface area contributed by atoms with E-state index in [1.807, 2.05) is 38.1 Å². The van der Waals surface area contributed by atoms with Gasteiger partial charge >= 0.3 is 0 Å². The van der Waals surface area contributed by atoms with E-state index in [1.54, 1.807) is 19.4 Å². The minimum atomic E-state index is -0.508. The van der Waals surface area contributed by atoms with Gasteiger partial charge in [0, 0.05) is 28.9 Å². The molecule has 2 aromatic carbocycles. The number of aromatic nitrogens is 1. The lowest BCUT2D eigenvalue weighted by atomic mass is 10.1. The summed E-state index contributed by atoms with van der Waals surface area (Å²) in [6.07, 6.45) is 1.63. The number of methoxy groups -OCH3 is 1. The Morgan fingerprint density at radius 1 is 1.17 bits per heavy atom. The molecule has 1 heterocycles. The van der Waals surface area contributed by atoms with Crippen LogP contribution in [0, 0.1) is 5.82 Å². The van der Waals surface area contributed by atoms with Crippen molar-refractivity contribution in [2.45, 2.75) is 13.8 Å². The van der Waals surface area contributed by atoms with Gasteiger partial charge in [-0.15, -0.1) is 0 Å². The van der Waals surface area contributed by atoms with Gasteiger partial charge in [0.2, 0.25) is 0 Å². The fourth-order valence-electron chi connectivity index (χ4n) is 2.43. The Kier molecular flexibility index (Phi) is 9.23. The molecule has 1 amide bonds. The lowest BCUT2D eigenvalue weighted by Crippen LogP contribution is -2.13. The number of benzene rings is 2. The summed E-state index contributed by atoms with van der Waals surface area (Å²) in [6, 6.07) is 12.6. The highest BCUT2D eigenvalue weighted by atomic mass is 79.9. The van der Waals surface area contributed by atoms with Crippen molar-refractivity contribution in [2.24, 2.45) is 0 Å². The fraction of sp³-hybridized carbons (Fsp3) is 0.182. The van der Waals surface area contributed by atoms with Crippen molar-refractivity contribution in [2.75, 3.05) is 19.2 Å². The van der Waals surface area contributed by atoms with Gasteiger partial charge < -0.3 is 14.8 Å². The van der Waals surface area contributed by atoms with Gasteiger partial charge in [-0.3, -0.25) is 4.79 Å². The molecule has 0 aliphatic heterocycles. The molecular formula is C22H21BrClFN2O3. The van der Waals surface area contributed by atoms with Crippen LogP contribution >= 0.6 is 27.5 Å². The van der Waals surface area contributed by atoms with E-state index >= 15 is 0 Å². The molecule has 5 nitrogen and oxygen atoms in total. The molecule has 0 unspecified atom stereocenters. The van der Waals surface area contributed by atoms with Crippen LogP contribution in [0.3, 0.4) is 0 Å². The average Bonchev–Trinajstić information content (AvgIpc) is 2.75. The largest absolute Gasteiger partial charge is 0.468 e. The zero-order valence-electron chi connectivity index (χ0n) is 16.7. The molecule has 0 aliphatic carbocycles. The van der Waals surface area contributed by atoms with E-state index in [0.29, 0.717) is 11.6 Å². The minimum absolute atomic E-state index is 0.0333. The van der Waals surface area contributed by atoms with E-state index in [9.17, 15) is 9.18 Å². The second kappa shape index (κ2) is 11.6. The van der Waals surface area contributed by atoms with Crippen molar-refractivity contribution in [3.8, 4) is 16.9 Å². The van der Waals surface area contributed by atoms with Crippen molar-refractivity contribution in [1.29, 1.82) is 0 Å². The Labute approximate surface area is 188 Å². The molecule has 8 heteroatoms. The summed E-state index contributed by atoms with van der Waals surface area (Å²) in [7, 11) is 1.55. The number of hydrogen-bond acceptors (Lipinski definition) is 4. The van der Waals surface area contributed by atoms with Gasteiger partial charge in [-0.1, -0.05) is 41.4 Å². The van der Waals surface area contributed by atoms with Gasteiger partial charge in [-0.05, 0) is 48.5 Å². The number of nitrogens with one attached hydrogen (secondary N) is 1. The monoisotopic (exact) mass is 494 g/mol. The van der Waals surface area contributed by atoms with Gasteiger partial charge in [0.15, 0.2) is 6.79 Å². The summed E-state index contributed by atoms with van der Waals surface area (Å²) in [6.45, 7) is 4.15. The zero-order valence-corrected chi connectivity index (χ0v) is 19.1. The first kappa shape index (κ1) is 23.8. The number of anilines is 1. The SMILES string of the molecule is CC.COCOc1ccc(Br)c(-c2ccc(NC(=O)c3ccc(F)cc3Cl)nc2)c1. The molecule has 0 spiro atoms. The van der Waals surface area contributed by atoms with Crippen LogP contribution in [0.25, 0.3) is 11.1 Å². The summed E-state index contributed by atoms with van der Waals surface area (Å²) < 4.78 is 24.4. The maximum atomic E-state index is 13.1. The second-order valence-electron chi connectivity index (χ2n) is 5.70. The lowest BCUT2D eigenvalue weighted by molar-refractivity contribution is 0.0511. The minimum Gasteiger partial charge on any atom is -0.468 e. The Morgan fingerprint density at radius 3 is 2.57 bits per heavy atom. The van der Waals surface area contributed by atoms with Crippen LogP contribution in [0.2, 0.25) is 5.02 Å². The van der Waals surface area contributed by atoms with Crippen LogP contribution in [0.4, 0.5) is 10.2 Å². The van der Waals surface area contributed by atoms with Crippen LogP contribution in [0.5, 0.6) is 5.75 Å². The first-order valence-corrected chi connectivity index (χ1v) is 10.3. The van der Waals surface area contributed by atoms with E-state index in [2.05, 4.69) is 26.2 Å². The van der Waals surface area contributed by atoms with Crippen LogP contribution < -0.4 is 10.1 Å². The molecule has 0 saturated heterocycles. The summed E-state index contributed by atoms with van der Waals surface area (Å²) >= 11 is 9.43. The molecule has 1 aromatic heterocycles. The Balaban J connectivity index is 0.00000155. The number of carbonyl (C=O) groups is 1. The fourth-order valence-corrected chi connectivity index (χ4v) is 3.16. The number of hydrogen-bond donors (Lipinski definition) is 1. The standard InChI is InChI=1S/C20H15BrClFN2O3.C2H6/c1-27-11-28-14-4-6-17(21)16(9-14)12-2-7-19(24-10-12)25-20(26)15-5-3-13(23)8-18(15)22;1-2/h2-10H,11H2,1H3,(H,24,25,26);1-2H3. The van der Waals surface area contributed by atoms with Crippen LogP contribution in [-0.2, 0) is 4.74 Å². The predicted octanol–water partition coefficient (Wildman–Crippen LogP) is 6.56. The number of ether oxygens (including phenoxy) is 2. The summed E-state index contributed by atoms with van der Waals surface area (Å²) in [5, 5.41) is 2.67. The van der Waals surface area contributed by atoms with Gasteiger partial charge in [-0.25, -0.2) is 9.37 Å².